The molecule has 2 N–H and O–H groups in total. The standard InChI is InChI=1S/C19H24N2O4S2/c1-2-25-14-6-13-20-27(23,24)18-11-9-16(10-12-18)21-19(22)15-26-17-7-4-3-5-8-17/h3-5,7-12,20H,2,6,13-15H2,1H3,(H,21,22). The molecule has 0 atom stereocenters. The van der Waals surface area contributed by atoms with Crippen molar-refractivity contribution in [1.82, 2.24) is 4.72 Å². The van der Waals surface area contributed by atoms with Gasteiger partial charge in [-0.1, -0.05) is 18.2 Å². The molecule has 0 saturated carbocycles. The SMILES string of the molecule is CCOCCCNS(=O)(=O)c1ccc(NC(=O)CSc2ccccc2)cc1. The van der Waals surface area contributed by atoms with Crippen LogP contribution in [-0.2, 0) is 19.6 Å². The topological polar surface area (TPSA) is 84.5 Å². The smallest absolute Gasteiger partial charge is 0.240 e. The Morgan fingerprint density at radius 3 is 2.44 bits per heavy atom. The molecule has 2 aromatic carbocycles. The van der Waals surface area contributed by atoms with Crippen molar-refractivity contribution in [3.05, 3.63) is 54.6 Å². The second-order valence-corrected chi connectivity index (χ2v) is 8.44. The maximum Gasteiger partial charge on any atom is 0.240 e. The zero-order valence-electron chi connectivity index (χ0n) is 15.2. The molecule has 8 heteroatoms. The Morgan fingerprint density at radius 2 is 1.78 bits per heavy atom. The summed E-state index contributed by atoms with van der Waals surface area (Å²) in [6.07, 6.45) is 0.611. The Hall–Kier alpha value is -1.87. The summed E-state index contributed by atoms with van der Waals surface area (Å²) < 4.78 is 32.1. The van der Waals surface area contributed by atoms with Crippen molar-refractivity contribution in [2.75, 3.05) is 30.8 Å². The molecule has 146 valence electrons. The third-order valence-corrected chi connectivity index (χ3v) is 6.01. The van der Waals surface area contributed by atoms with E-state index >= 15 is 0 Å². The van der Waals surface area contributed by atoms with E-state index < -0.39 is 10.0 Å². The van der Waals surface area contributed by atoms with Crippen molar-refractivity contribution >= 4 is 33.4 Å². The molecule has 0 aromatic heterocycles. The molecule has 0 aliphatic rings. The third-order valence-electron chi connectivity index (χ3n) is 3.52. The first kappa shape index (κ1) is 21.4. The van der Waals surface area contributed by atoms with Crippen molar-refractivity contribution in [3.63, 3.8) is 0 Å². The highest BCUT2D eigenvalue weighted by atomic mass is 32.2. The van der Waals surface area contributed by atoms with Crippen LogP contribution >= 0.6 is 11.8 Å². The molecular formula is C19H24N2O4S2. The number of rotatable bonds is 11. The maximum atomic E-state index is 12.2. The Bertz CT molecular complexity index is 809. The number of ether oxygens (including phenoxy) is 1. The van der Waals surface area contributed by atoms with Gasteiger partial charge in [-0.2, -0.15) is 0 Å². The van der Waals surface area contributed by atoms with Crippen LogP contribution in [-0.4, -0.2) is 39.8 Å². The highest BCUT2D eigenvalue weighted by Crippen LogP contribution is 2.18. The van der Waals surface area contributed by atoms with Crippen LogP contribution in [0.5, 0.6) is 0 Å². The van der Waals surface area contributed by atoms with E-state index in [-0.39, 0.29) is 16.6 Å². The molecule has 0 spiro atoms. The van der Waals surface area contributed by atoms with Crippen molar-refractivity contribution in [1.29, 1.82) is 0 Å². The predicted molar refractivity (Wildman–Crippen MR) is 109 cm³/mol. The Morgan fingerprint density at radius 1 is 1.07 bits per heavy atom. The van der Waals surface area contributed by atoms with Crippen LogP contribution in [0, 0.1) is 0 Å². The van der Waals surface area contributed by atoms with Crippen LogP contribution in [0.15, 0.2) is 64.4 Å². The van der Waals surface area contributed by atoms with Crippen LogP contribution < -0.4 is 10.0 Å². The van der Waals surface area contributed by atoms with Gasteiger partial charge >= 0.3 is 0 Å². The molecule has 2 aromatic rings. The summed E-state index contributed by atoms with van der Waals surface area (Å²) in [6, 6.07) is 15.8. The highest BCUT2D eigenvalue weighted by molar-refractivity contribution is 8.00. The van der Waals surface area contributed by atoms with Gasteiger partial charge < -0.3 is 10.1 Å². The Labute approximate surface area is 164 Å². The van der Waals surface area contributed by atoms with E-state index in [0.717, 1.165) is 4.90 Å². The summed E-state index contributed by atoms with van der Waals surface area (Å²) in [5.41, 5.74) is 0.559. The second kappa shape index (κ2) is 11.1. The lowest BCUT2D eigenvalue weighted by Gasteiger charge is -2.09. The first-order chi connectivity index (χ1) is 13.0. The van der Waals surface area contributed by atoms with E-state index in [0.29, 0.717) is 31.9 Å². The molecule has 0 saturated heterocycles. The summed E-state index contributed by atoms with van der Waals surface area (Å²) in [4.78, 5) is 13.2. The molecule has 0 heterocycles. The summed E-state index contributed by atoms with van der Waals surface area (Å²) in [5.74, 6) is 0.138. The van der Waals surface area contributed by atoms with E-state index in [9.17, 15) is 13.2 Å². The van der Waals surface area contributed by atoms with Crippen molar-refractivity contribution < 1.29 is 17.9 Å². The van der Waals surface area contributed by atoms with Gasteiger partial charge in [0, 0.05) is 30.3 Å². The molecule has 0 aliphatic carbocycles. The molecule has 2 rings (SSSR count). The largest absolute Gasteiger partial charge is 0.382 e. The van der Waals surface area contributed by atoms with Gasteiger partial charge in [0.25, 0.3) is 0 Å². The highest BCUT2D eigenvalue weighted by Gasteiger charge is 2.13. The van der Waals surface area contributed by atoms with Gasteiger partial charge in [0.1, 0.15) is 0 Å². The minimum Gasteiger partial charge on any atom is -0.382 e. The van der Waals surface area contributed by atoms with Crippen LogP contribution in [0.3, 0.4) is 0 Å². The quantitative estimate of drug-likeness (QED) is 0.441. The minimum atomic E-state index is -3.56. The zero-order valence-corrected chi connectivity index (χ0v) is 16.8. The third kappa shape index (κ3) is 7.72. The van der Waals surface area contributed by atoms with Crippen LogP contribution in [0.2, 0.25) is 0 Å². The van der Waals surface area contributed by atoms with Crippen LogP contribution in [0.25, 0.3) is 0 Å². The molecule has 1 amide bonds. The van der Waals surface area contributed by atoms with E-state index in [1.54, 1.807) is 12.1 Å². The number of hydrogen-bond donors (Lipinski definition) is 2. The number of anilines is 1. The molecule has 0 radical (unpaired) electrons. The van der Waals surface area contributed by atoms with E-state index in [1.165, 1.54) is 23.9 Å². The van der Waals surface area contributed by atoms with Gasteiger partial charge in [0.2, 0.25) is 15.9 Å². The number of sulfonamides is 1. The molecule has 0 bridgehead atoms. The molecule has 0 unspecified atom stereocenters. The normalized spacial score (nSPS) is 11.3. The maximum absolute atomic E-state index is 12.2. The Kier molecular flexibility index (Phi) is 8.80. The summed E-state index contributed by atoms with van der Waals surface area (Å²) >= 11 is 1.44. The lowest BCUT2D eigenvalue weighted by atomic mass is 10.3. The second-order valence-electron chi connectivity index (χ2n) is 5.62. The van der Waals surface area contributed by atoms with E-state index in [1.807, 2.05) is 37.3 Å². The minimum absolute atomic E-state index is 0.145. The van der Waals surface area contributed by atoms with Crippen LogP contribution in [0.1, 0.15) is 13.3 Å². The number of carbonyl (C=O) groups excluding carboxylic acids is 1. The number of nitrogens with one attached hydrogen (secondary N) is 2. The lowest BCUT2D eigenvalue weighted by Crippen LogP contribution is -2.25. The number of hydrogen-bond acceptors (Lipinski definition) is 5. The first-order valence-electron chi connectivity index (χ1n) is 8.66. The van der Waals surface area contributed by atoms with Crippen molar-refractivity contribution in [2.45, 2.75) is 23.1 Å². The molecule has 27 heavy (non-hydrogen) atoms. The lowest BCUT2D eigenvalue weighted by molar-refractivity contribution is -0.113. The fourth-order valence-corrected chi connectivity index (χ4v) is 3.98. The number of benzene rings is 2. The van der Waals surface area contributed by atoms with Crippen LogP contribution in [0.4, 0.5) is 5.69 Å². The van der Waals surface area contributed by atoms with Gasteiger partial charge in [0.15, 0.2) is 0 Å². The van der Waals surface area contributed by atoms with Crippen molar-refractivity contribution in [2.24, 2.45) is 0 Å². The summed E-state index contributed by atoms with van der Waals surface area (Å²) in [5, 5.41) is 2.77. The van der Waals surface area contributed by atoms with Gasteiger partial charge in [-0.25, -0.2) is 13.1 Å². The Balaban J connectivity index is 1.82. The molecular weight excluding hydrogens is 384 g/mol. The predicted octanol–water partition coefficient (Wildman–Crippen LogP) is 3.12. The van der Waals surface area contributed by atoms with E-state index in [2.05, 4.69) is 10.0 Å². The number of thioether (sulfide) groups is 1. The molecule has 6 nitrogen and oxygen atoms in total. The zero-order chi connectivity index (χ0) is 19.5. The van der Waals surface area contributed by atoms with Gasteiger partial charge in [-0.05, 0) is 49.7 Å². The van der Waals surface area contributed by atoms with Gasteiger partial charge in [-0.3, -0.25) is 4.79 Å². The molecule has 0 fully saturated rings. The summed E-state index contributed by atoms with van der Waals surface area (Å²) in [7, 11) is -3.56. The average molecular weight is 409 g/mol. The van der Waals surface area contributed by atoms with Crippen molar-refractivity contribution in [3.8, 4) is 0 Å². The monoisotopic (exact) mass is 408 g/mol. The molecule has 0 aliphatic heterocycles. The fourth-order valence-electron chi connectivity index (χ4n) is 2.19. The van der Waals surface area contributed by atoms with Gasteiger partial charge in [-0.15, -0.1) is 11.8 Å². The number of carbonyl (C=O) groups is 1. The first-order valence-corrected chi connectivity index (χ1v) is 11.1. The van der Waals surface area contributed by atoms with E-state index in [4.69, 9.17) is 4.74 Å². The number of amides is 1. The fraction of sp³-hybridized carbons (Fsp3) is 0.316. The average Bonchev–Trinajstić information content (AvgIpc) is 2.67. The summed E-state index contributed by atoms with van der Waals surface area (Å²) in [6.45, 7) is 3.34. The van der Waals surface area contributed by atoms with Gasteiger partial charge in [0.05, 0.1) is 10.6 Å².